The maximum absolute atomic E-state index is 12.1. The second-order valence-corrected chi connectivity index (χ2v) is 5.52. The molecule has 7 heteroatoms. The molecule has 0 saturated carbocycles. The summed E-state index contributed by atoms with van der Waals surface area (Å²) >= 11 is 0. The molecular weight excluding hydrogens is 250 g/mol. The molecule has 1 saturated heterocycles. The van der Waals surface area contributed by atoms with Crippen LogP contribution >= 0.6 is 12.4 Å². The highest BCUT2D eigenvalue weighted by molar-refractivity contribution is 7.86. The average molecular weight is 272 g/mol. The van der Waals surface area contributed by atoms with Crippen molar-refractivity contribution < 1.29 is 8.42 Å². The van der Waals surface area contributed by atoms with Crippen molar-refractivity contribution in [2.24, 2.45) is 0 Å². The van der Waals surface area contributed by atoms with E-state index in [1.807, 2.05) is 13.8 Å². The molecule has 1 N–H and O–H groups in total. The van der Waals surface area contributed by atoms with Crippen LogP contribution in [0.3, 0.4) is 0 Å². The van der Waals surface area contributed by atoms with E-state index in [0.717, 1.165) is 19.5 Å². The number of nitrogens with one attached hydrogen (secondary N) is 1. The van der Waals surface area contributed by atoms with Crippen LogP contribution in [-0.2, 0) is 10.2 Å². The lowest BCUT2D eigenvalue weighted by atomic mass is 10.4. The van der Waals surface area contributed by atoms with Crippen LogP contribution in [0.1, 0.15) is 20.3 Å². The van der Waals surface area contributed by atoms with Crippen molar-refractivity contribution in [1.82, 2.24) is 13.9 Å². The molecule has 0 aliphatic carbocycles. The van der Waals surface area contributed by atoms with Gasteiger partial charge in [-0.2, -0.15) is 17.0 Å². The van der Waals surface area contributed by atoms with Crippen molar-refractivity contribution in [3.63, 3.8) is 0 Å². The molecule has 0 bridgehead atoms. The third-order valence-corrected chi connectivity index (χ3v) is 4.84. The van der Waals surface area contributed by atoms with E-state index >= 15 is 0 Å². The third-order valence-electron chi connectivity index (χ3n) is 2.66. The molecule has 0 radical (unpaired) electrons. The Balaban J connectivity index is 0.00000225. The van der Waals surface area contributed by atoms with E-state index in [2.05, 4.69) is 5.32 Å². The number of hydrogen-bond acceptors (Lipinski definition) is 3. The fraction of sp³-hybridized carbons (Fsp3) is 1.00. The highest BCUT2D eigenvalue weighted by atomic mass is 35.5. The molecule has 0 unspecified atom stereocenters. The van der Waals surface area contributed by atoms with Crippen LogP contribution in [0, 0.1) is 0 Å². The lowest BCUT2D eigenvalue weighted by Crippen LogP contribution is -2.45. The minimum Gasteiger partial charge on any atom is -0.315 e. The van der Waals surface area contributed by atoms with E-state index in [0.29, 0.717) is 26.2 Å². The van der Waals surface area contributed by atoms with E-state index < -0.39 is 10.2 Å². The van der Waals surface area contributed by atoms with Crippen LogP contribution < -0.4 is 5.32 Å². The summed E-state index contributed by atoms with van der Waals surface area (Å²) in [6.07, 6.45) is 0.889. The fourth-order valence-corrected chi connectivity index (χ4v) is 3.43. The average Bonchev–Trinajstić information content (AvgIpc) is 2.47. The van der Waals surface area contributed by atoms with Crippen molar-refractivity contribution in [3.05, 3.63) is 0 Å². The Morgan fingerprint density at radius 3 is 2.38 bits per heavy atom. The zero-order valence-corrected chi connectivity index (χ0v) is 11.6. The summed E-state index contributed by atoms with van der Waals surface area (Å²) in [4.78, 5) is 0. The second-order valence-electron chi connectivity index (χ2n) is 3.59. The van der Waals surface area contributed by atoms with Crippen molar-refractivity contribution in [3.8, 4) is 0 Å². The van der Waals surface area contributed by atoms with Crippen molar-refractivity contribution in [1.29, 1.82) is 0 Å². The van der Waals surface area contributed by atoms with Crippen LogP contribution in [-0.4, -0.2) is 56.3 Å². The monoisotopic (exact) mass is 271 g/mol. The first-order valence-electron chi connectivity index (χ1n) is 5.58. The van der Waals surface area contributed by atoms with Gasteiger partial charge >= 0.3 is 0 Å². The molecular formula is C9H22ClN3O2S. The van der Waals surface area contributed by atoms with Gasteiger partial charge in [0, 0.05) is 32.7 Å². The molecule has 98 valence electrons. The Bertz CT molecular complexity index is 272. The summed E-state index contributed by atoms with van der Waals surface area (Å²) in [5.74, 6) is 0. The maximum atomic E-state index is 12.1. The van der Waals surface area contributed by atoms with Crippen molar-refractivity contribution in [2.75, 3.05) is 39.3 Å². The quantitative estimate of drug-likeness (QED) is 0.800. The molecule has 1 aliphatic rings. The number of halogens is 1. The summed E-state index contributed by atoms with van der Waals surface area (Å²) in [6, 6.07) is 0. The van der Waals surface area contributed by atoms with Crippen LogP contribution in [0.5, 0.6) is 0 Å². The number of hydrogen-bond donors (Lipinski definition) is 1. The molecule has 1 aliphatic heterocycles. The van der Waals surface area contributed by atoms with Gasteiger partial charge in [0.25, 0.3) is 10.2 Å². The second kappa shape index (κ2) is 7.45. The first kappa shape index (κ1) is 16.1. The predicted octanol–water partition coefficient (Wildman–Crippen LogP) is 0.290. The van der Waals surface area contributed by atoms with E-state index in [-0.39, 0.29) is 12.4 Å². The van der Waals surface area contributed by atoms with Gasteiger partial charge < -0.3 is 5.32 Å². The molecule has 5 nitrogen and oxygen atoms in total. The Kier molecular flexibility index (Phi) is 7.50. The van der Waals surface area contributed by atoms with Gasteiger partial charge in [-0.1, -0.05) is 13.8 Å². The van der Waals surface area contributed by atoms with Gasteiger partial charge in [-0.05, 0) is 13.0 Å². The smallest absolute Gasteiger partial charge is 0.281 e. The molecule has 0 aromatic carbocycles. The van der Waals surface area contributed by atoms with E-state index in [9.17, 15) is 8.42 Å². The summed E-state index contributed by atoms with van der Waals surface area (Å²) in [6.45, 7) is 7.70. The highest BCUT2D eigenvalue weighted by Gasteiger charge is 2.27. The van der Waals surface area contributed by atoms with Gasteiger partial charge in [-0.15, -0.1) is 12.4 Å². The third kappa shape index (κ3) is 3.85. The van der Waals surface area contributed by atoms with Gasteiger partial charge in [0.05, 0.1) is 0 Å². The van der Waals surface area contributed by atoms with E-state index in [1.54, 1.807) is 4.31 Å². The summed E-state index contributed by atoms with van der Waals surface area (Å²) in [7, 11) is -3.22. The minimum absolute atomic E-state index is 0. The van der Waals surface area contributed by atoms with Crippen LogP contribution in [0.25, 0.3) is 0 Å². The van der Waals surface area contributed by atoms with Crippen molar-refractivity contribution in [2.45, 2.75) is 20.3 Å². The topological polar surface area (TPSA) is 52.7 Å². The Morgan fingerprint density at radius 2 is 1.81 bits per heavy atom. The standard InChI is InChI=1S/C9H21N3O2S.ClH/c1-3-11(4-2)15(13,14)12-8-5-6-10-7-9-12;/h10H,3-9H2,1-2H3;1H. The minimum atomic E-state index is -3.22. The van der Waals surface area contributed by atoms with Gasteiger partial charge in [-0.25, -0.2) is 0 Å². The zero-order valence-electron chi connectivity index (χ0n) is 9.98. The largest absolute Gasteiger partial charge is 0.315 e. The molecule has 0 aromatic rings. The van der Waals surface area contributed by atoms with Gasteiger partial charge in [0.1, 0.15) is 0 Å². The van der Waals surface area contributed by atoms with Gasteiger partial charge in [0.2, 0.25) is 0 Å². The van der Waals surface area contributed by atoms with Crippen LogP contribution in [0.2, 0.25) is 0 Å². The highest BCUT2D eigenvalue weighted by Crippen LogP contribution is 2.09. The molecule has 1 heterocycles. The summed E-state index contributed by atoms with van der Waals surface area (Å²) in [5, 5.41) is 3.20. The Morgan fingerprint density at radius 1 is 1.19 bits per heavy atom. The fourth-order valence-electron chi connectivity index (χ4n) is 1.76. The molecule has 1 fully saturated rings. The lowest BCUT2D eigenvalue weighted by molar-refractivity contribution is 0.358. The lowest BCUT2D eigenvalue weighted by Gasteiger charge is -2.27. The molecule has 0 spiro atoms. The predicted molar refractivity (Wildman–Crippen MR) is 68.1 cm³/mol. The summed E-state index contributed by atoms with van der Waals surface area (Å²) in [5.41, 5.74) is 0. The SMILES string of the molecule is CCN(CC)S(=O)(=O)N1CCCNCC1.Cl. The van der Waals surface area contributed by atoms with E-state index in [4.69, 9.17) is 0 Å². The zero-order chi connectivity index (χ0) is 11.3. The molecule has 0 amide bonds. The Labute approximate surface area is 105 Å². The van der Waals surface area contributed by atoms with Gasteiger partial charge in [-0.3, -0.25) is 0 Å². The summed E-state index contributed by atoms with van der Waals surface area (Å²) < 4.78 is 27.3. The first-order chi connectivity index (χ1) is 7.12. The number of rotatable bonds is 4. The normalized spacial score (nSPS) is 19.2. The maximum Gasteiger partial charge on any atom is 0.281 e. The first-order valence-corrected chi connectivity index (χ1v) is 6.98. The van der Waals surface area contributed by atoms with Crippen LogP contribution in [0.15, 0.2) is 0 Å². The van der Waals surface area contributed by atoms with Crippen LogP contribution in [0.4, 0.5) is 0 Å². The molecule has 0 aromatic heterocycles. The molecule has 0 atom stereocenters. The molecule has 16 heavy (non-hydrogen) atoms. The van der Waals surface area contributed by atoms with Gasteiger partial charge in [0.15, 0.2) is 0 Å². The molecule has 1 rings (SSSR count). The van der Waals surface area contributed by atoms with Crippen molar-refractivity contribution >= 4 is 22.6 Å². The number of nitrogens with zero attached hydrogens (tertiary/aromatic N) is 2. The van der Waals surface area contributed by atoms with E-state index in [1.165, 1.54) is 4.31 Å². The Hall–Kier alpha value is 0.120.